The third kappa shape index (κ3) is 7.82. The molecule has 5 amide bonds. The van der Waals surface area contributed by atoms with Gasteiger partial charge >= 0.3 is 5.97 Å². The van der Waals surface area contributed by atoms with E-state index in [1.807, 2.05) is 0 Å². The van der Waals surface area contributed by atoms with E-state index in [-0.39, 0.29) is 25.8 Å². The number of nitrogens with two attached hydrogens (primary N) is 3. The van der Waals surface area contributed by atoms with E-state index in [2.05, 4.69) is 10.6 Å². The molecule has 31 heavy (non-hydrogen) atoms. The minimum absolute atomic E-state index is 0.143. The number of nitrogens with zero attached hydrogens (tertiary/aromatic N) is 1. The smallest absolute Gasteiger partial charge is 0.328 e. The predicted octanol–water partition coefficient (Wildman–Crippen LogP) is -4.51. The van der Waals surface area contributed by atoms with Crippen molar-refractivity contribution >= 4 is 35.5 Å². The number of amides is 5. The quantitative estimate of drug-likeness (QED) is 0.153. The summed E-state index contributed by atoms with van der Waals surface area (Å²) in [5.41, 5.74) is 15.7. The molecule has 1 saturated heterocycles. The van der Waals surface area contributed by atoms with Crippen molar-refractivity contribution in [1.29, 1.82) is 0 Å². The van der Waals surface area contributed by atoms with E-state index in [1.165, 1.54) is 0 Å². The first-order valence-electron chi connectivity index (χ1n) is 9.55. The zero-order chi connectivity index (χ0) is 23.7. The number of primary amides is 2. The first-order valence-corrected chi connectivity index (χ1v) is 9.55. The van der Waals surface area contributed by atoms with Gasteiger partial charge in [0.05, 0.1) is 19.1 Å². The van der Waals surface area contributed by atoms with Crippen molar-refractivity contribution in [1.82, 2.24) is 15.5 Å². The molecule has 10 N–H and O–H groups in total. The summed E-state index contributed by atoms with van der Waals surface area (Å²) in [4.78, 5) is 72.0. The van der Waals surface area contributed by atoms with E-state index in [0.717, 1.165) is 4.90 Å². The van der Waals surface area contributed by atoms with Gasteiger partial charge in [-0.1, -0.05) is 0 Å². The zero-order valence-corrected chi connectivity index (χ0v) is 16.8. The van der Waals surface area contributed by atoms with Gasteiger partial charge in [0.15, 0.2) is 0 Å². The summed E-state index contributed by atoms with van der Waals surface area (Å²) in [6.07, 6.45) is -0.235. The van der Waals surface area contributed by atoms with Crippen molar-refractivity contribution in [2.75, 3.05) is 13.2 Å². The summed E-state index contributed by atoms with van der Waals surface area (Å²) in [6, 6.07) is -5.16. The Balaban J connectivity index is 2.96. The van der Waals surface area contributed by atoms with Crippen LogP contribution in [0.15, 0.2) is 0 Å². The molecule has 1 rings (SSSR count). The van der Waals surface area contributed by atoms with Gasteiger partial charge in [0.2, 0.25) is 29.5 Å². The lowest BCUT2D eigenvalue weighted by Crippen LogP contribution is -2.57. The number of carboxylic acids is 1. The molecular weight excluding hydrogens is 416 g/mol. The fraction of sp³-hybridized carbons (Fsp3) is 0.647. The largest absolute Gasteiger partial charge is 0.480 e. The molecule has 1 heterocycles. The molecule has 4 atom stereocenters. The number of carbonyl (C=O) groups excluding carboxylic acids is 5. The van der Waals surface area contributed by atoms with Crippen LogP contribution in [0.5, 0.6) is 0 Å². The third-order valence-electron chi connectivity index (χ3n) is 4.69. The van der Waals surface area contributed by atoms with Crippen molar-refractivity contribution < 1.29 is 39.0 Å². The molecule has 0 spiro atoms. The molecule has 1 aliphatic rings. The average Bonchev–Trinajstić information content (AvgIpc) is 3.17. The van der Waals surface area contributed by atoms with E-state index in [1.54, 1.807) is 0 Å². The number of hydrogen-bond acceptors (Lipinski definition) is 8. The predicted molar refractivity (Wildman–Crippen MR) is 104 cm³/mol. The lowest BCUT2D eigenvalue weighted by Gasteiger charge is -2.29. The van der Waals surface area contributed by atoms with E-state index in [9.17, 15) is 28.8 Å². The molecule has 0 saturated carbocycles. The van der Waals surface area contributed by atoms with Crippen LogP contribution in [0, 0.1) is 0 Å². The summed E-state index contributed by atoms with van der Waals surface area (Å²) >= 11 is 0. The van der Waals surface area contributed by atoms with Gasteiger partial charge in [-0.3, -0.25) is 24.0 Å². The van der Waals surface area contributed by atoms with E-state index >= 15 is 0 Å². The molecule has 0 aliphatic carbocycles. The SMILES string of the molecule is NC(=O)CCC(NC(=O)C(N)CC(N)=O)C(=O)N1CCCC1C(=O)NC(CO)C(=O)O. The number of aliphatic hydroxyl groups excluding tert-OH is 1. The summed E-state index contributed by atoms with van der Waals surface area (Å²) in [5, 5.41) is 22.5. The minimum Gasteiger partial charge on any atom is -0.480 e. The molecule has 1 fully saturated rings. The Morgan fingerprint density at radius 1 is 1.03 bits per heavy atom. The highest BCUT2D eigenvalue weighted by molar-refractivity contribution is 5.95. The van der Waals surface area contributed by atoms with Crippen LogP contribution in [0.1, 0.15) is 32.1 Å². The number of likely N-dealkylation sites (tertiary alicyclic amines) is 1. The number of aliphatic carboxylic acids is 1. The highest BCUT2D eigenvalue weighted by Gasteiger charge is 2.39. The van der Waals surface area contributed by atoms with E-state index in [4.69, 9.17) is 27.4 Å². The minimum atomic E-state index is -1.54. The Bertz CT molecular complexity index is 729. The van der Waals surface area contributed by atoms with Gasteiger partial charge in [-0.15, -0.1) is 0 Å². The van der Waals surface area contributed by atoms with E-state index < -0.39 is 72.7 Å². The van der Waals surface area contributed by atoms with Crippen molar-refractivity contribution in [3.63, 3.8) is 0 Å². The molecule has 14 heteroatoms. The molecule has 0 aromatic carbocycles. The standard InChI is InChI=1S/C17H28N6O8/c18-8(6-13(20)26)14(27)21-9(3-4-12(19)25)16(29)23-5-1-2-11(23)15(28)22-10(7-24)17(30)31/h8-11,24H,1-7,18H2,(H2,19,25)(H2,20,26)(H,21,27)(H,22,28)(H,30,31). The fourth-order valence-electron chi connectivity index (χ4n) is 3.09. The van der Waals surface area contributed by atoms with Crippen LogP contribution in [-0.4, -0.2) is 87.9 Å². The lowest BCUT2D eigenvalue weighted by atomic mass is 10.1. The number of rotatable bonds is 12. The van der Waals surface area contributed by atoms with Crippen molar-refractivity contribution in [2.24, 2.45) is 17.2 Å². The first kappa shape index (κ1) is 25.8. The summed E-state index contributed by atoms with van der Waals surface area (Å²) in [7, 11) is 0. The van der Waals surface area contributed by atoms with Crippen molar-refractivity contribution in [3.8, 4) is 0 Å². The molecule has 0 aromatic heterocycles. The maximum atomic E-state index is 13.0. The van der Waals surface area contributed by atoms with Crippen LogP contribution in [0.2, 0.25) is 0 Å². The Morgan fingerprint density at radius 3 is 2.19 bits per heavy atom. The summed E-state index contributed by atoms with van der Waals surface area (Å²) < 4.78 is 0. The van der Waals surface area contributed by atoms with Crippen LogP contribution >= 0.6 is 0 Å². The van der Waals surface area contributed by atoms with Crippen LogP contribution in [0.4, 0.5) is 0 Å². The maximum Gasteiger partial charge on any atom is 0.328 e. The van der Waals surface area contributed by atoms with Gasteiger partial charge in [0.1, 0.15) is 18.1 Å². The molecule has 0 bridgehead atoms. The fourth-order valence-corrected chi connectivity index (χ4v) is 3.09. The van der Waals surface area contributed by atoms with Crippen LogP contribution in [-0.2, 0) is 28.8 Å². The van der Waals surface area contributed by atoms with Gasteiger partial charge < -0.3 is 42.9 Å². The van der Waals surface area contributed by atoms with Gasteiger partial charge in [-0.2, -0.15) is 0 Å². The normalized spacial score (nSPS) is 18.5. The Hall–Kier alpha value is -3.26. The zero-order valence-electron chi connectivity index (χ0n) is 16.8. The second kappa shape index (κ2) is 11.8. The van der Waals surface area contributed by atoms with Gasteiger partial charge in [-0.25, -0.2) is 4.79 Å². The molecule has 174 valence electrons. The summed E-state index contributed by atoms with van der Waals surface area (Å²) in [6.45, 7) is -0.694. The van der Waals surface area contributed by atoms with Crippen LogP contribution < -0.4 is 27.8 Å². The number of carboxylic acid groups (broad SMARTS) is 1. The highest BCUT2D eigenvalue weighted by Crippen LogP contribution is 2.20. The number of carbonyl (C=O) groups is 6. The van der Waals surface area contributed by atoms with Crippen molar-refractivity contribution in [2.45, 2.75) is 56.3 Å². The highest BCUT2D eigenvalue weighted by atomic mass is 16.4. The topological polar surface area (TPSA) is 248 Å². The first-order chi connectivity index (χ1) is 14.5. The van der Waals surface area contributed by atoms with Crippen molar-refractivity contribution in [3.05, 3.63) is 0 Å². The number of hydrogen-bond donors (Lipinski definition) is 7. The second-order valence-electron chi connectivity index (χ2n) is 7.11. The molecular formula is C17H28N6O8. The van der Waals surface area contributed by atoms with Crippen LogP contribution in [0.3, 0.4) is 0 Å². The third-order valence-corrected chi connectivity index (χ3v) is 4.69. The molecule has 14 nitrogen and oxygen atoms in total. The summed E-state index contributed by atoms with van der Waals surface area (Å²) in [5.74, 6) is -5.32. The molecule has 0 aromatic rings. The molecule has 1 aliphatic heterocycles. The van der Waals surface area contributed by atoms with Crippen LogP contribution in [0.25, 0.3) is 0 Å². The Labute approximate surface area is 177 Å². The lowest BCUT2D eigenvalue weighted by molar-refractivity contribution is -0.145. The Morgan fingerprint density at radius 2 is 1.68 bits per heavy atom. The van der Waals surface area contributed by atoms with Gasteiger partial charge in [-0.05, 0) is 19.3 Å². The number of aliphatic hydroxyl groups is 1. The average molecular weight is 444 g/mol. The van der Waals surface area contributed by atoms with E-state index in [0.29, 0.717) is 6.42 Å². The maximum absolute atomic E-state index is 13.0. The number of nitrogens with one attached hydrogen (secondary N) is 2. The van der Waals surface area contributed by atoms with Gasteiger partial charge in [0.25, 0.3) is 0 Å². The molecule has 0 radical (unpaired) electrons. The van der Waals surface area contributed by atoms with Gasteiger partial charge in [0, 0.05) is 13.0 Å². The monoisotopic (exact) mass is 444 g/mol. The Kier molecular flexibility index (Phi) is 9.82. The molecule has 4 unspecified atom stereocenters. The second-order valence-corrected chi connectivity index (χ2v) is 7.11.